The molecule has 7 heteroatoms. The van der Waals surface area contributed by atoms with Crippen LogP contribution in [0.2, 0.25) is 0 Å². The van der Waals surface area contributed by atoms with Gasteiger partial charge < -0.3 is 4.90 Å². The first-order valence-corrected chi connectivity index (χ1v) is 9.20. The Morgan fingerprint density at radius 3 is 2.53 bits per heavy atom. The van der Waals surface area contributed by atoms with Crippen molar-refractivity contribution in [3.05, 3.63) is 5.82 Å². The molecule has 1 aromatic rings. The summed E-state index contributed by atoms with van der Waals surface area (Å²) in [5, 5.41) is 0.859. The van der Waals surface area contributed by atoms with Crippen LogP contribution in [0.3, 0.4) is 0 Å². The van der Waals surface area contributed by atoms with Gasteiger partial charge in [-0.15, -0.1) is 0 Å². The number of hydrogen-bond donors (Lipinski definition) is 0. The molecule has 1 aliphatic heterocycles. The zero-order valence-corrected chi connectivity index (χ0v) is 13.4. The van der Waals surface area contributed by atoms with Gasteiger partial charge in [0.1, 0.15) is 5.82 Å². The van der Waals surface area contributed by atoms with Gasteiger partial charge in [0.2, 0.25) is 5.13 Å². The minimum absolute atomic E-state index is 0.218. The molecule has 0 aromatic carbocycles. The molecule has 0 bridgehead atoms. The number of anilines is 1. The van der Waals surface area contributed by atoms with Crippen molar-refractivity contribution in [1.82, 2.24) is 9.36 Å². The van der Waals surface area contributed by atoms with E-state index in [1.54, 1.807) is 0 Å². The number of sulfone groups is 1. The lowest BCUT2D eigenvalue weighted by Gasteiger charge is -2.41. The Hall–Kier alpha value is -0.690. The molecule has 0 aliphatic carbocycles. The van der Waals surface area contributed by atoms with E-state index in [2.05, 4.69) is 14.3 Å². The summed E-state index contributed by atoms with van der Waals surface area (Å²) >= 11 is 1.37. The Balaban J connectivity index is 2.27. The second kappa shape index (κ2) is 5.36. The maximum absolute atomic E-state index is 12.3. The first-order valence-electron chi connectivity index (χ1n) is 6.78. The summed E-state index contributed by atoms with van der Waals surface area (Å²) < 4.78 is 28.4. The topological polar surface area (TPSA) is 63.2 Å². The fraction of sp³-hybridized carbons (Fsp3) is 0.833. The summed E-state index contributed by atoms with van der Waals surface area (Å²) in [6.45, 7) is 7.02. The molecule has 0 spiro atoms. The average molecular weight is 303 g/mol. The molecular weight excluding hydrogens is 282 g/mol. The summed E-state index contributed by atoms with van der Waals surface area (Å²) in [5.41, 5.74) is 0. The third-order valence-electron chi connectivity index (χ3n) is 4.10. The molecule has 1 fully saturated rings. The lowest BCUT2D eigenvalue weighted by molar-refractivity contribution is 0.458. The molecule has 19 heavy (non-hydrogen) atoms. The zero-order chi connectivity index (χ0) is 14.1. The SMILES string of the molecule is CCc1nsc(N2CCS(=O)(=O)C(CC)(CC)C2)n1. The van der Waals surface area contributed by atoms with Gasteiger partial charge in [0.05, 0.1) is 10.5 Å². The van der Waals surface area contributed by atoms with E-state index >= 15 is 0 Å². The van der Waals surface area contributed by atoms with Gasteiger partial charge in [-0.3, -0.25) is 0 Å². The molecule has 1 saturated heterocycles. The van der Waals surface area contributed by atoms with Crippen LogP contribution < -0.4 is 4.90 Å². The quantitative estimate of drug-likeness (QED) is 0.850. The van der Waals surface area contributed by atoms with Crippen LogP contribution in [0.5, 0.6) is 0 Å². The summed E-state index contributed by atoms with van der Waals surface area (Å²) in [7, 11) is -3.01. The minimum Gasteiger partial charge on any atom is -0.344 e. The molecule has 5 nitrogen and oxygen atoms in total. The smallest absolute Gasteiger partial charge is 0.205 e. The molecular formula is C12H21N3O2S2. The van der Waals surface area contributed by atoms with Crippen LogP contribution in [-0.2, 0) is 16.3 Å². The van der Waals surface area contributed by atoms with Gasteiger partial charge in [0, 0.05) is 31.0 Å². The van der Waals surface area contributed by atoms with Crippen molar-refractivity contribution in [3.63, 3.8) is 0 Å². The third-order valence-corrected chi connectivity index (χ3v) is 7.66. The first kappa shape index (κ1) is 14.7. The standard InChI is InChI=1S/C12H21N3O2S2/c1-4-10-13-11(18-14-10)15-7-8-19(16,17)12(5-2,6-3)9-15/h4-9H2,1-3H3. The van der Waals surface area contributed by atoms with Crippen molar-refractivity contribution < 1.29 is 8.42 Å². The van der Waals surface area contributed by atoms with Gasteiger partial charge in [-0.1, -0.05) is 20.8 Å². The van der Waals surface area contributed by atoms with Crippen LogP contribution in [0, 0.1) is 0 Å². The molecule has 0 saturated carbocycles. The minimum atomic E-state index is -3.01. The van der Waals surface area contributed by atoms with Crippen LogP contribution >= 0.6 is 11.5 Å². The predicted molar refractivity (Wildman–Crippen MR) is 78.6 cm³/mol. The number of aryl methyl sites for hydroxylation is 1. The Morgan fingerprint density at radius 2 is 2.00 bits per heavy atom. The van der Waals surface area contributed by atoms with Crippen LogP contribution in [-0.4, -0.2) is 41.4 Å². The molecule has 0 radical (unpaired) electrons. The largest absolute Gasteiger partial charge is 0.344 e. The van der Waals surface area contributed by atoms with Crippen LogP contribution in [0.15, 0.2) is 0 Å². The summed E-state index contributed by atoms with van der Waals surface area (Å²) in [5.74, 6) is 1.06. The Morgan fingerprint density at radius 1 is 1.32 bits per heavy atom. The second-order valence-electron chi connectivity index (χ2n) is 4.98. The van der Waals surface area contributed by atoms with Crippen LogP contribution in [0.1, 0.15) is 39.4 Å². The van der Waals surface area contributed by atoms with Gasteiger partial charge in [0.15, 0.2) is 9.84 Å². The second-order valence-corrected chi connectivity index (χ2v) is 8.21. The molecule has 0 amide bonds. The molecule has 1 aliphatic rings. The third kappa shape index (κ3) is 2.50. The first-order chi connectivity index (χ1) is 8.98. The van der Waals surface area contributed by atoms with Crippen molar-refractivity contribution in [2.45, 2.75) is 44.8 Å². The van der Waals surface area contributed by atoms with Crippen molar-refractivity contribution in [2.24, 2.45) is 0 Å². The maximum atomic E-state index is 12.3. The van der Waals surface area contributed by atoms with Gasteiger partial charge in [-0.2, -0.15) is 4.37 Å². The molecule has 0 atom stereocenters. The average Bonchev–Trinajstić information content (AvgIpc) is 2.88. The van der Waals surface area contributed by atoms with Crippen molar-refractivity contribution >= 4 is 26.5 Å². The van der Waals surface area contributed by atoms with E-state index in [0.717, 1.165) is 17.4 Å². The summed E-state index contributed by atoms with van der Waals surface area (Å²) in [6.07, 6.45) is 2.12. The van der Waals surface area contributed by atoms with Crippen molar-refractivity contribution in [2.75, 3.05) is 23.7 Å². The monoisotopic (exact) mass is 303 g/mol. The fourth-order valence-corrected chi connectivity index (χ4v) is 5.47. The highest BCUT2D eigenvalue weighted by atomic mass is 32.2. The molecule has 2 heterocycles. The number of aromatic nitrogens is 2. The highest BCUT2D eigenvalue weighted by molar-refractivity contribution is 7.92. The maximum Gasteiger partial charge on any atom is 0.205 e. The normalized spacial score (nSPS) is 21.5. The van der Waals surface area contributed by atoms with Crippen LogP contribution in [0.25, 0.3) is 0 Å². The molecule has 108 valence electrons. The summed E-state index contributed by atoms with van der Waals surface area (Å²) in [6, 6.07) is 0. The number of hydrogen-bond acceptors (Lipinski definition) is 6. The van der Waals surface area contributed by atoms with Gasteiger partial charge in [-0.05, 0) is 12.8 Å². The Kier molecular flexibility index (Phi) is 4.15. The van der Waals surface area contributed by atoms with E-state index in [1.165, 1.54) is 11.5 Å². The Bertz CT molecular complexity index is 535. The number of rotatable bonds is 4. The van der Waals surface area contributed by atoms with Crippen molar-refractivity contribution in [1.29, 1.82) is 0 Å². The predicted octanol–water partition coefficient (Wildman–Crippen LogP) is 1.89. The summed E-state index contributed by atoms with van der Waals surface area (Å²) in [4.78, 5) is 6.56. The molecule has 0 unspecified atom stereocenters. The van der Waals surface area contributed by atoms with E-state index in [4.69, 9.17) is 0 Å². The van der Waals surface area contributed by atoms with Gasteiger partial charge >= 0.3 is 0 Å². The van der Waals surface area contributed by atoms with Crippen LogP contribution in [0.4, 0.5) is 5.13 Å². The van der Waals surface area contributed by atoms with E-state index in [9.17, 15) is 8.42 Å². The van der Waals surface area contributed by atoms with Gasteiger partial charge in [-0.25, -0.2) is 13.4 Å². The highest BCUT2D eigenvalue weighted by Crippen LogP contribution is 2.34. The van der Waals surface area contributed by atoms with E-state index in [-0.39, 0.29) is 5.75 Å². The Labute approximate surface area is 119 Å². The molecule has 1 aromatic heterocycles. The van der Waals surface area contributed by atoms with E-state index in [1.807, 2.05) is 20.8 Å². The van der Waals surface area contributed by atoms with E-state index in [0.29, 0.717) is 25.9 Å². The van der Waals surface area contributed by atoms with E-state index < -0.39 is 14.6 Å². The lowest BCUT2D eigenvalue weighted by atomic mass is 10.0. The fourth-order valence-electron chi connectivity index (χ4n) is 2.57. The zero-order valence-electron chi connectivity index (χ0n) is 11.7. The number of nitrogens with zero attached hydrogens (tertiary/aromatic N) is 3. The van der Waals surface area contributed by atoms with Crippen molar-refractivity contribution in [3.8, 4) is 0 Å². The lowest BCUT2D eigenvalue weighted by Crippen LogP contribution is -2.55. The molecule has 2 rings (SSSR count). The van der Waals surface area contributed by atoms with Gasteiger partial charge in [0.25, 0.3) is 0 Å². The highest BCUT2D eigenvalue weighted by Gasteiger charge is 2.45. The molecule has 0 N–H and O–H groups in total.